The summed E-state index contributed by atoms with van der Waals surface area (Å²) in [5.41, 5.74) is 0.403. The molecule has 0 bridgehead atoms. The summed E-state index contributed by atoms with van der Waals surface area (Å²) in [5, 5.41) is 8.11. The SMILES string of the molecule is CC(=O)c1csc(NC(=O)C2CC(C)CCN2)n1. The largest absolute Gasteiger partial charge is 0.306 e. The van der Waals surface area contributed by atoms with Crippen LogP contribution in [-0.4, -0.2) is 29.3 Å². The van der Waals surface area contributed by atoms with Crippen molar-refractivity contribution < 1.29 is 9.59 Å². The van der Waals surface area contributed by atoms with Gasteiger partial charge in [0.1, 0.15) is 5.69 Å². The Labute approximate surface area is 110 Å². The molecule has 2 atom stereocenters. The summed E-state index contributed by atoms with van der Waals surface area (Å²) >= 11 is 1.28. The number of carbonyl (C=O) groups excluding carboxylic acids is 2. The first kappa shape index (κ1) is 13.2. The number of Topliss-reactive ketones (excluding diaryl/α,β-unsaturated/α-hetero) is 1. The Morgan fingerprint density at radius 3 is 2.94 bits per heavy atom. The fraction of sp³-hybridized carbons (Fsp3) is 0.583. The highest BCUT2D eigenvalue weighted by molar-refractivity contribution is 7.14. The molecule has 6 heteroatoms. The number of piperidine rings is 1. The Hall–Kier alpha value is -1.27. The first-order valence-electron chi connectivity index (χ1n) is 6.07. The fourth-order valence-electron chi connectivity index (χ4n) is 1.99. The molecule has 2 unspecified atom stereocenters. The van der Waals surface area contributed by atoms with Gasteiger partial charge in [-0.3, -0.25) is 9.59 Å². The maximum Gasteiger partial charge on any atom is 0.243 e. The Morgan fingerprint density at radius 2 is 2.33 bits per heavy atom. The molecule has 1 aliphatic rings. The zero-order valence-corrected chi connectivity index (χ0v) is 11.3. The number of anilines is 1. The minimum atomic E-state index is -0.154. The molecule has 98 valence electrons. The van der Waals surface area contributed by atoms with Gasteiger partial charge in [-0.2, -0.15) is 0 Å². The minimum absolute atomic E-state index is 0.0639. The van der Waals surface area contributed by atoms with E-state index in [4.69, 9.17) is 0 Å². The molecule has 1 aliphatic heterocycles. The molecule has 0 aromatic carbocycles. The van der Waals surface area contributed by atoms with Crippen LogP contribution in [-0.2, 0) is 4.79 Å². The maximum absolute atomic E-state index is 12.0. The standard InChI is InChI=1S/C12H17N3O2S/c1-7-3-4-13-9(5-7)11(17)15-12-14-10(6-18-12)8(2)16/h6-7,9,13H,3-5H2,1-2H3,(H,14,15,17). The highest BCUT2D eigenvalue weighted by Gasteiger charge is 2.25. The van der Waals surface area contributed by atoms with Crippen LogP contribution in [0.15, 0.2) is 5.38 Å². The lowest BCUT2D eigenvalue weighted by Crippen LogP contribution is -2.45. The van der Waals surface area contributed by atoms with Gasteiger partial charge >= 0.3 is 0 Å². The first-order valence-corrected chi connectivity index (χ1v) is 6.95. The highest BCUT2D eigenvalue weighted by Crippen LogP contribution is 2.19. The van der Waals surface area contributed by atoms with Crippen LogP contribution in [0.3, 0.4) is 0 Å². The summed E-state index contributed by atoms with van der Waals surface area (Å²) in [5.74, 6) is 0.410. The third-order valence-electron chi connectivity index (χ3n) is 3.08. The molecule has 1 aromatic rings. The van der Waals surface area contributed by atoms with Crippen LogP contribution in [0.5, 0.6) is 0 Å². The third-order valence-corrected chi connectivity index (χ3v) is 3.84. The predicted octanol–water partition coefficient (Wildman–Crippen LogP) is 1.67. The summed E-state index contributed by atoms with van der Waals surface area (Å²) in [6, 6.07) is -0.154. The molecule has 1 aromatic heterocycles. The molecule has 1 fully saturated rings. The van der Waals surface area contributed by atoms with Crippen molar-refractivity contribution in [1.29, 1.82) is 0 Å². The van der Waals surface area contributed by atoms with Gasteiger partial charge in [-0.25, -0.2) is 4.98 Å². The number of hydrogen-bond donors (Lipinski definition) is 2. The van der Waals surface area contributed by atoms with Crippen LogP contribution in [0.25, 0.3) is 0 Å². The summed E-state index contributed by atoms with van der Waals surface area (Å²) in [7, 11) is 0. The average molecular weight is 267 g/mol. The van der Waals surface area contributed by atoms with Crippen LogP contribution in [0.4, 0.5) is 5.13 Å². The Balaban J connectivity index is 1.95. The zero-order valence-electron chi connectivity index (χ0n) is 10.5. The molecule has 1 saturated heterocycles. The molecule has 5 nitrogen and oxygen atoms in total. The molecule has 0 aliphatic carbocycles. The van der Waals surface area contributed by atoms with E-state index in [9.17, 15) is 9.59 Å². The van der Waals surface area contributed by atoms with Gasteiger partial charge in [0.05, 0.1) is 6.04 Å². The number of aromatic nitrogens is 1. The maximum atomic E-state index is 12.0. The van der Waals surface area contributed by atoms with Gasteiger partial charge in [0.15, 0.2) is 10.9 Å². The van der Waals surface area contributed by atoms with Crippen LogP contribution < -0.4 is 10.6 Å². The Bertz CT molecular complexity index is 458. The number of hydrogen-bond acceptors (Lipinski definition) is 5. The zero-order chi connectivity index (χ0) is 13.1. The number of amides is 1. The van der Waals surface area contributed by atoms with Gasteiger partial charge < -0.3 is 10.6 Å². The third kappa shape index (κ3) is 3.14. The predicted molar refractivity (Wildman–Crippen MR) is 70.9 cm³/mol. The topological polar surface area (TPSA) is 71.1 Å². The molecule has 2 heterocycles. The molecule has 0 saturated carbocycles. The minimum Gasteiger partial charge on any atom is -0.306 e. The van der Waals surface area contributed by atoms with Crippen LogP contribution in [0.2, 0.25) is 0 Å². The van der Waals surface area contributed by atoms with Crippen molar-refractivity contribution >= 4 is 28.2 Å². The Morgan fingerprint density at radius 1 is 1.56 bits per heavy atom. The van der Waals surface area contributed by atoms with E-state index in [1.165, 1.54) is 18.3 Å². The van der Waals surface area contributed by atoms with Gasteiger partial charge in [0.25, 0.3) is 0 Å². The van der Waals surface area contributed by atoms with Crippen molar-refractivity contribution in [2.75, 3.05) is 11.9 Å². The first-order chi connectivity index (χ1) is 8.56. The average Bonchev–Trinajstić information content (AvgIpc) is 2.77. The Kier molecular flexibility index (Phi) is 4.08. The van der Waals surface area contributed by atoms with Gasteiger partial charge in [-0.1, -0.05) is 6.92 Å². The summed E-state index contributed by atoms with van der Waals surface area (Å²) in [6.07, 6.45) is 1.95. The van der Waals surface area contributed by atoms with E-state index in [2.05, 4.69) is 22.5 Å². The van der Waals surface area contributed by atoms with Crippen molar-refractivity contribution in [2.24, 2.45) is 5.92 Å². The molecule has 2 N–H and O–H groups in total. The lowest BCUT2D eigenvalue weighted by molar-refractivity contribution is -0.119. The smallest absolute Gasteiger partial charge is 0.243 e. The van der Waals surface area contributed by atoms with Crippen LogP contribution in [0, 0.1) is 5.92 Å². The second kappa shape index (κ2) is 5.58. The van der Waals surface area contributed by atoms with Crippen molar-refractivity contribution in [2.45, 2.75) is 32.7 Å². The van der Waals surface area contributed by atoms with Gasteiger partial charge in [0, 0.05) is 12.3 Å². The number of thiazole rings is 1. The highest BCUT2D eigenvalue weighted by atomic mass is 32.1. The fourth-order valence-corrected chi connectivity index (χ4v) is 2.75. The van der Waals surface area contributed by atoms with E-state index >= 15 is 0 Å². The van der Waals surface area contributed by atoms with Crippen LogP contribution >= 0.6 is 11.3 Å². The number of ketones is 1. The molecule has 0 spiro atoms. The molecular formula is C12H17N3O2S. The molecule has 0 radical (unpaired) electrons. The van der Waals surface area contributed by atoms with E-state index in [-0.39, 0.29) is 17.7 Å². The summed E-state index contributed by atoms with van der Waals surface area (Å²) < 4.78 is 0. The van der Waals surface area contributed by atoms with Crippen molar-refractivity contribution in [3.05, 3.63) is 11.1 Å². The number of carbonyl (C=O) groups is 2. The van der Waals surface area contributed by atoms with Gasteiger partial charge in [-0.15, -0.1) is 11.3 Å². The van der Waals surface area contributed by atoms with Crippen molar-refractivity contribution in [3.8, 4) is 0 Å². The quantitative estimate of drug-likeness (QED) is 0.817. The van der Waals surface area contributed by atoms with E-state index in [1.807, 2.05) is 0 Å². The van der Waals surface area contributed by atoms with Crippen molar-refractivity contribution in [3.63, 3.8) is 0 Å². The van der Waals surface area contributed by atoms with E-state index in [0.29, 0.717) is 16.7 Å². The van der Waals surface area contributed by atoms with E-state index in [1.54, 1.807) is 5.38 Å². The number of nitrogens with zero attached hydrogens (tertiary/aromatic N) is 1. The molecule has 1 amide bonds. The van der Waals surface area contributed by atoms with E-state index in [0.717, 1.165) is 19.4 Å². The molecular weight excluding hydrogens is 250 g/mol. The number of nitrogens with one attached hydrogen (secondary N) is 2. The summed E-state index contributed by atoms with van der Waals surface area (Å²) in [4.78, 5) is 27.2. The number of rotatable bonds is 3. The molecule has 18 heavy (non-hydrogen) atoms. The lowest BCUT2D eigenvalue weighted by Gasteiger charge is -2.26. The summed E-state index contributed by atoms with van der Waals surface area (Å²) in [6.45, 7) is 4.49. The van der Waals surface area contributed by atoms with Gasteiger partial charge in [0.2, 0.25) is 5.91 Å². The molecule has 2 rings (SSSR count). The van der Waals surface area contributed by atoms with Gasteiger partial charge in [-0.05, 0) is 25.3 Å². The lowest BCUT2D eigenvalue weighted by atomic mass is 9.94. The second-order valence-corrected chi connectivity index (χ2v) is 5.58. The van der Waals surface area contributed by atoms with E-state index < -0.39 is 0 Å². The normalized spacial score (nSPS) is 23.7. The van der Waals surface area contributed by atoms with Crippen LogP contribution in [0.1, 0.15) is 37.2 Å². The second-order valence-electron chi connectivity index (χ2n) is 4.72. The van der Waals surface area contributed by atoms with Crippen molar-refractivity contribution in [1.82, 2.24) is 10.3 Å². The monoisotopic (exact) mass is 267 g/mol.